The largest absolute Gasteiger partial charge is 0.391 e. The Morgan fingerprint density at radius 3 is 2.90 bits per heavy atom. The van der Waals surface area contributed by atoms with Crippen molar-refractivity contribution in [2.24, 2.45) is 5.92 Å². The minimum atomic E-state index is -0.554. The number of rotatable bonds is 5. The summed E-state index contributed by atoms with van der Waals surface area (Å²) in [5.41, 5.74) is 1.20. The summed E-state index contributed by atoms with van der Waals surface area (Å²) in [6.07, 6.45) is 0.904. The lowest BCUT2D eigenvalue weighted by Gasteiger charge is -2.15. The molecule has 1 heterocycles. The highest BCUT2D eigenvalue weighted by atomic mass is 16.3. The van der Waals surface area contributed by atoms with Gasteiger partial charge < -0.3 is 10.4 Å². The normalized spacial score (nSPS) is 12.4. The second-order valence-electron chi connectivity index (χ2n) is 4.83. The molecule has 0 spiro atoms. The van der Waals surface area contributed by atoms with E-state index in [9.17, 15) is 9.90 Å². The van der Waals surface area contributed by atoms with Crippen LogP contribution in [0.4, 0.5) is 0 Å². The molecule has 2 rings (SSSR count). The number of carbonyl (C=O) groups excluding carboxylic acids is 1. The second-order valence-corrected chi connectivity index (χ2v) is 4.83. The number of tetrazole rings is 1. The standard InChI is InChI=1S/C13H17N5O2/c1-9(2)12(19)7-14-13(20)10-4-3-5-11(6-10)18-8-15-16-17-18/h3-6,8-9,12,19H,7H2,1-2H3,(H,14,20). The van der Waals surface area contributed by atoms with Crippen molar-refractivity contribution in [2.75, 3.05) is 6.54 Å². The van der Waals surface area contributed by atoms with Gasteiger partial charge in [-0.05, 0) is 34.5 Å². The van der Waals surface area contributed by atoms with E-state index in [0.29, 0.717) is 11.3 Å². The van der Waals surface area contributed by atoms with Gasteiger partial charge in [-0.15, -0.1) is 5.10 Å². The number of amides is 1. The van der Waals surface area contributed by atoms with E-state index in [-0.39, 0.29) is 18.4 Å². The fourth-order valence-corrected chi connectivity index (χ4v) is 1.60. The van der Waals surface area contributed by atoms with Gasteiger partial charge in [0.25, 0.3) is 5.91 Å². The summed E-state index contributed by atoms with van der Waals surface area (Å²) < 4.78 is 1.47. The van der Waals surface area contributed by atoms with Crippen LogP contribution in [-0.2, 0) is 0 Å². The molecule has 0 bridgehead atoms. The van der Waals surface area contributed by atoms with Crippen LogP contribution in [0.1, 0.15) is 24.2 Å². The van der Waals surface area contributed by atoms with Crippen LogP contribution in [0.25, 0.3) is 5.69 Å². The van der Waals surface area contributed by atoms with Crippen molar-refractivity contribution >= 4 is 5.91 Å². The van der Waals surface area contributed by atoms with Gasteiger partial charge in [0.05, 0.1) is 11.8 Å². The number of aliphatic hydroxyl groups excluding tert-OH is 1. The average Bonchev–Trinajstić information content (AvgIpc) is 2.98. The topological polar surface area (TPSA) is 92.9 Å². The number of carbonyl (C=O) groups is 1. The van der Waals surface area contributed by atoms with Gasteiger partial charge in [0.15, 0.2) is 0 Å². The smallest absolute Gasteiger partial charge is 0.251 e. The summed E-state index contributed by atoms with van der Waals surface area (Å²) in [5, 5.41) is 23.3. The fraction of sp³-hybridized carbons (Fsp3) is 0.385. The number of benzene rings is 1. The van der Waals surface area contributed by atoms with Gasteiger partial charge >= 0.3 is 0 Å². The monoisotopic (exact) mass is 275 g/mol. The molecule has 7 nitrogen and oxygen atoms in total. The highest BCUT2D eigenvalue weighted by Crippen LogP contribution is 2.09. The number of nitrogens with one attached hydrogen (secondary N) is 1. The summed E-state index contributed by atoms with van der Waals surface area (Å²) in [6, 6.07) is 6.94. The van der Waals surface area contributed by atoms with E-state index < -0.39 is 6.10 Å². The van der Waals surface area contributed by atoms with Crippen molar-refractivity contribution < 1.29 is 9.90 Å². The summed E-state index contributed by atoms with van der Waals surface area (Å²) in [6.45, 7) is 4.02. The van der Waals surface area contributed by atoms with Crippen LogP contribution >= 0.6 is 0 Å². The van der Waals surface area contributed by atoms with Gasteiger partial charge in [0.1, 0.15) is 6.33 Å². The predicted octanol–water partition coefficient (Wildman–Crippen LogP) is 0.409. The molecule has 0 radical (unpaired) electrons. The molecule has 1 amide bonds. The summed E-state index contributed by atoms with van der Waals surface area (Å²) in [4.78, 5) is 12.0. The van der Waals surface area contributed by atoms with E-state index in [4.69, 9.17) is 0 Å². The third kappa shape index (κ3) is 3.39. The molecule has 106 valence electrons. The van der Waals surface area contributed by atoms with Crippen molar-refractivity contribution in [1.82, 2.24) is 25.5 Å². The number of aromatic nitrogens is 4. The third-order valence-corrected chi connectivity index (χ3v) is 2.96. The van der Waals surface area contributed by atoms with Crippen LogP contribution < -0.4 is 5.32 Å². The molecule has 0 aliphatic rings. The Morgan fingerprint density at radius 2 is 2.25 bits per heavy atom. The van der Waals surface area contributed by atoms with Gasteiger partial charge in [-0.2, -0.15) is 0 Å². The van der Waals surface area contributed by atoms with Crippen LogP contribution in [0.2, 0.25) is 0 Å². The van der Waals surface area contributed by atoms with E-state index >= 15 is 0 Å². The van der Waals surface area contributed by atoms with Gasteiger partial charge in [-0.25, -0.2) is 4.68 Å². The van der Waals surface area contributed by atoms with Gasteiger partial charge in [-0.1, -0.05) is 19.9 Å². The number of nitrogens with zero attached hydrogens (tertiary/aromatic N) is 4. The molecule has 7 heteroatoms. The first-order valence-electron chi connectivity index (χ1n) is 6.37. The molecule has 2 aromatic rings. The maximum absolute atomic E-state index is 12.0. The summed E-state index contributed by atoms with van der Waals surface area (Å²) in [7, 11) is 0. The predicted molar refractivity (Wildman–Crippen MR) is 72.3 cm³/mol. The molecule has 1 atom stereocenters. The lowest BCUT2D eigenvalue weighted by atomic mass is 10.1. The van der Waals surface area contributed by atoms with E-state index in [1.54, 1.807) is 24.3 Å². The third-order valence-electron chi connectivity index (χ3n) is 2.96. The Labute approximate surface area is 116 Å². The Hall–Kier alpha value is -2.28. The SMILES string of the molecule is CC(C)C(O)CNC(=O)c1cccc(-n2cnnn2)c1. The summed E-state index contributed by atoms with van der Waals surface area (Å²) >= 11 is 0. The maximum atomic E-state index is 12.0. The Kier molecular flexibility index (Phi) is 4.41. The zero-order valence-corrected chi connectivity index (χ0v) is 11.4. The quantitative estimate of drug-likeness (QED) is 0.824. The molecule has 0 aliphatic heterocycles. The molecule has 2 N–H and O–H groups in total. The molecule has 20 heavy (non-hydrogen) atoms. The minimum Gasteiger partial charge on any atom is -0.391 e. The highest BCUT2D eigenvalue weighted by Gasteiger charge is 2.12. The van der Waals surface area contributed by atoms with Crippen LogP contribution in [0.3, 0.4) is 0 Å². The number of aliphatic hydroxyl groups is 1. The fourth-order valence-electron chi connectivity index (χ4n) is 1.60. The van der Waals surface area contributed by atoms with E-state index in [0.717, 1.165) is 0 Å². The molecular weight excluding hydrogens is 258 g/mol. The molecule has 1 unspecified atom stereocenters. The molecule has 1 aromatic carbocycles. The lowest BCUT2D eigenvalue weighted by molar-refractivity contribution is 0.0871. The lowest BCUT2D eigenvalue weighted by Crippen LogP contribution is -2.34. The van der Waals surface area contributed by atoms with Crippen LogP contribution in [0, 0.1) is 5.92 Å². The van der Waals surface area contributed by atoms with Crippen molar-refractivity contribution in [2.45, 2.75) is 20.0 Å². The first kappa shape index (κ1) is 14.1. The maximum Gasteiger partial charge on any atom is 0.251 e. The Balaban J connectivity index is 2.05. The van der Waals surface area contributed by atoms with Gasteiger partial charge in [0, 0.05) is 12.1 Å². The first-order chi connectivity index (χ1) is 9.58. The molecule has 0 saturated carbocycles. The Bertz CT molecular complexity index is 568. The first-order valence-corrected chi connectivity index (χ1v) is 6.37. The van der Waals surface area contributed by atoms with Crippen molar-refractivity contribution in [3.05, 3.63) is 36.2 Å². The van der Waals surface area contributed by atoms with Crippen molar-refractivity contribution in [3.63, 3.8) is 0 Å². The minimum absolute atomic E-state index is 0.0999. The highest BCUT2D eigenvalue weighted by molar-refractivity contribution is 5.94. The number of hydrogen-bond donors (Lipinski definition) is 2. The van der Waals surface area contributed by atoms with E-state index in [1.165, 1.54) is 11.0 Å². The van der Waals surface area contributed by atoms with E-state index in [2.05, 4.69) is 20.8 Å². The van der Waals surface area contributed by atoms with Crippen LogP contribution in [-0.4, -0.2) is 43.9 Å². The van der Waals surface area contributed by atoms with Gasteiger partial charge in [0.2, 0.25) is 0 Å². The van der Waals surface area contributed by atoms with E-state index in [1.807, 2.05) is 13.8 Å². The molecule has 1 aromatic heterocycles. The average molecular weight is 275 g/mol. The Morgan fingerprint density at radius 1 is 1.45 bits per heavy atom. The molecule has 0 fully saturated rings. The zero-order chi connectivity index (χ0) is 14.5. The van der Waals surface area contributed by atoms with Crippen molar-refractivity contribution in [1.29, 1.82) is 0 Å². The van der Waals surface area contributed by atoms with Crippen LogP contribution in [0.15, 0.2) is 30.6 Å². The number of hydrogen-bond acceptors (Lipinski definition) is 5. The van der Waals surface area contributed by atoms with Crippen molar-refractivity contribution in [3.8, 4) is 5.69 Å². The zero-order valence-electron chi connectivity index (χ0n) is 11.4. The molecule has 0 aliphatic carbocycles. The van der Waals surface area contributed by atoms with Crippen LogP contribution in [0.5, 0.6) is 0 Å². The second kappa shape index (κ2) is 6.25. The molecule has 0 saturated heterocycles. The summed E-state index contributed by atoms with van der Waals surface area (Å²) in [5.74, 6) is -0.137. The molecular formula is C13H17N5O2. The van der Waals surface area contributed by atoms with Gasteiger partial charge in [-0.3, -0.25) is 4.79 Å².